The molecule has 42 heavy (non-hydrogen) atoms. The summed E-state index contributed by atoms with van der Waals surface area (Å²) in [7, 11) is 0. The minimum Gasteiger partial charge on any atom is -0.494 e. The molecule has 0 atom stereocenters. The molecule has 0 aliphatic heterocycles. The smallest absolute Gasteiger partial charge is 0.119 e. The van der Waals surface area contributed by atoms with Crippen LogP contribution in [0, 0.1) is 0 Å². The van der Waals surface area contributed by atoms with Crippen LogP contribution in [0.5, 0.6) is 11.5 Å². The maximum absolute atomic E-state index is 6.19. The van der Waals surface area contributed by atoms with Crippen molar-refractivity contribution >= 4 is 64.6 Å². The van der Waals surface area contributed by atoms with Gasteiger partial charge in [0.1, 0.15) is 11.5 Å². The van der Waals surface area contributed by atoms with Crippen LogP contribution in [0.25, 0.3) is 64.6 Å². The Bertz CT molecular complexity index is 1870. The quantitative estimate of drug-likeness (QED) is 0.0852. The number of unbranched alkanes of at least 4 members (excludes halogenated alkanes) is 6. The first-order valence-electron chi connectivity index (χ1n) is 16.0. The Morgan fingerprint density at radius 2 is 0.833 bits per heavy atom. The van der Waals surface area contributed by atoms with Crippen LogP contribution in [0.4, 0.5) is 0 Å². The van der Waals surface area contributed by atoms with E-state index in [1.165, 1.54) is 103 Å². The summed E-state index contributed by atoms with van der Waals surface area (Å²) in [5, 5.41) is 15.6. The van der Waals surface area contributed by atoms with Crippen LogP contribution in [-0.2, 0) is 0 Å². The van der Waals surface area contributed by atoms with E-state index in [4.69, 9.17) is 9.47 Å². The molecule has 7 rings (SSSR count). The second kappa shape index (κ2) is 11.7. The van der Waals surface area contributed by atoms with Gasteiger partial charge in [0.05, 0.1) is 13.2 Å². The van der Waals surface area contributed by atoms with Crippen LogP contribution in [0.3, 0.4) is 0 Å². The molecule has 0 fully saturated rings. The molecule has 0 spiro atoms. The molecule has 0 saturated heterocycles. The highest BCUT2D eigenvalue weighted by atomic mass is 16.5. The topological polar surface area (TPSA) is 18.5 Å². The summed E-state index contributed by atoms with van der Waals surface area (Å²) in [5.74, 6) is 1.93. The van der Waals surface area contributed by atoms with Gasteiger partial charge in [-0.2, -0.15) is 0 Å². The minimum atomic E-state index is 0.779. The molecule has 0 N–H and O–H groups in total. The zero-order valence-electron chi connectivity index (χ0n) is 25.0. The molecule has 0 amide bonds. The molecular weight excluding hydrogens is 512 g/mol. The Kier molecular flexibility index (Phi) is 7.46. The number of fused-ring (bicyclic) bond motifs is 6. The summed E-state index contributed by atoms with van der Waals surface area (Å²) in [6.07, 6.45) is 9.71. The molecular formula is C40H40O2. The van der Waals surface area contributed by atoms with Gasteiger partial charge in [-0.1, -0.05) is 101 Å². The normalized spacial score (nSPS) is 12.0. The van der Waals surface area contributed by atoms with Crippen molar-refractivity contribution in [2.24, 2.45) is 0 Å². The van der Waals surface area contributed by atoms with Crippen LogP contribution in [0.2, 0.25) is 0 Å². The van der Waals surface area contributed by atoms with Gasteiger partial charge >= 0.3 is 0 Å². The molecule has 0 unspecified atom stereocenters. The predicted octanol–water partition coefficient (Wildman–Crippen LogP) is 12.0. The third-order valence-electron chi connectivity index (χ3n) is 9.01. The third-order valence-corrected chi connectivity index (χ3v) is 9.01. The Labute approximate surface area is 248 Å². The molecule has 2 heteroatoms. The zero-order chi connectivity index (χ0) is 28.5. The van der Waals surface area contributed by atoms with Crippen LogP contribution >= 0.6 is 0 Å². The maximum Gasteiger partial charge on any atom is 0.119 e. The second-order valence-electron chi connectivity index (χ2n) is 11.9. The third kappa shape index (κ3) is 4.77. The van der Waals surface area contributed by atoms with E-state index < -0.39 is 0 Å². The van der Waals surface area contributed by atoms with E-state index in [0.29, 0.717) is 0 Å². The molecule has 2 nitrogen and oxygen atoms in total. The van der Waals surface area contributed by atoms with Gasteiger partial charge in [0.25, 0.3) is 0 Å². The Morgan fingerprint density at radius 1 is 0.405 bits per heavy atom. The van der Waals surface area contributed by atoms with E-state index in [1.807, 2.05) is 0 Å². The molecule has 0 aliphatic carbocycles. The van der Waals surface area contributed by atoms with Gasteiger partial charge < -0.3 is 9.47 Å². The van der Waals surface area contributed by atoms with Gasteiger partial charge in [0.15, 0.2) is 0 Å². The number of hydrogen-bond acceptors (Lipinski definition) is 2. The fourth-order valence-electron chi connectivity index (χ4n) is 6.89. The van der Waals surface area contributed by atoms with Crippen molar-refractivity contribution in [3.8, 4) is 11.5 Å². The average molecular weight is 553 g/mol. The fraction of sp³-hybridized carbons (Fsp3) is 0.300. The molecule has 0 bridgehead atoms. The van der Waals surface area contributed by atoms with Crippen molar-refractivity contribution in [1.29, 1.82) is 0 Å². The van der Waals surface area contributed by atoms with Crippen molar-refractivity contribution in [3.05, 3.63) is 84.9 Å². The molecule has 0 saturated carbocycles. The lowest BCUT2D eigenvalue weighted by Crippen LogP contribution is -1.97. The summed E-state index contributed by atoms with van der Waals surface area (Å²) >= 11 is 0. The van der Waals surface area contributed by atoms with Crippen molar-refractivity contribution < 1.29 is 9.47 Å². The van der Waals surface area contributed by atoms with Gasteiger partial charge in [0, 0.05) is 0 Å². The lowest BCUT2D eigenvalue weighted by Gasteiger charge is -2.18. The Morgan fingerprint density at radius 3 is 1.26 bits per heavy atom. The molecule has 7 aromatic carbocycles. The highest BCUT2D eigenvalue weighted by Gasteiger charge is 2.17. The van der Waals surface area contributed by atoms with E-state index in [2.05, 4.69) is 98.8 Å². The first-order chi connectivity index (χ1) is 20.8. The summed E-state index contributed by atoms with van der Waals surface area (Å²) < 4.78 is 12.4. The molecule has 0 aromatic heterocycles. The lowest BCUT2D eigenvalue weighted by atomic mass is 9.86. The van der Waals surface area contributed by atoms with Gasteiger partial charge in [-0.05, 0) is 114 Å². The molecule has 0 radical (unpaired) electrons. The van der Waals surface area contributed by atoms with E-state index in [-0.39, 0.29) is 0 Å². The molecule has 212 valence electrons. The highest BCUT2D eigenvalue weighted by Crippen LogP contribution is 2.45. The first-order valence-corrected chi connectivity index (χ1v) is 16.0. The predicted molar refractivity (Wildman–Crippen MR) is 182 cm³/mol. The second-order valence-corrected chi connectivity index (χ2v) is 11.9. The van der Waals surface area contributed by atoms with Gasteiger partial charge in [-0.3, -0.25) is 0 Å². The SMILES string of the molecule is CCCCCCOc1ccc2c(c1)cc1c3cccc4c5ccc(OCCCCCC)cc5cc(c5cccc2c51)c43. The first kappa shape index (κ1) is 26.8. The fourth-order valence-corrected chi connectivity index (χ4v) is 6.89. The van der Waals surface area contributed by atoms with Crippen LogP contribution < -0.4 is 9.47 Å². The van der Waals surface area contributed by atoms with Crippen molar-refractivity contribution in [2.45, 2.75) is 65.2 Å². The van der Waals surface area contributed by atoms with Crippen molar-refractivity contribution in [2.75, 3.05) is 13.2 Å². The summed E-state index contributed by atoms with van der Waals surface area (Å²) in [6, 6.07) is 31.7. The standard InChI is InChI=1S/C40H40O2/c1-3-5-7-9-21-41-29-17-19-31-27(23-29)25-37-35-15-12-14-34-32-20-18-30(42-22-10-8-6-4-2)24-28(32)26-38(40(34)35)36-16-11-13-33(31)39(36)37/h11-20,23-26H,3-10,21-22H2,1-2H3. The van der Waals surface area contributed by atoms with Gasteiger partial charge in [0.2, 0.25) is 0 Å². The number of hydrogen-bond donors (Lipinski definition) is 0. The Hall–Kier alpha value is -4.04. The van der Waals surface area contributed by atoms with Crippen LogP contribution in [-0.4, -0.2) is 13.2 Å². The monoisotopic (exact) mass is 552 g/mol. The number of rotatable bonds is 12. The van der Waals surface area contributed by atoms with Gasteiger partial charge in [-0.25, -0.2) is 0 Å². The molecule has 0 heterocycles. The van der Waals surface area contributed by atoms with Crippen molar-refractivity contribution in [3.63, 3.8) is 0 Å². The largest absolute Gasteiger partial charge is 0.494 e. The summed E-state index contributed by atoms with van der Waals surface area (Å²) in [5.41, 5.74) is 0. The molecule has 0 aliphatic rings. The van der Waals surface area contributed by atoms with E-state index in [9.17, 15) is 0 Å². The maximum atomic E-state index is 6.19. The lowest BCUT2D eigenvalue weighted by molar-refractivity contribution is 0.305. The zero-order valence-corrected chi connectivity index (χ0v) is 25.0. The minimum absolute atomic E-state index is 0.779. The average Bonchev–Trinajstić information content (AvgIpc) is 3.02. The number of ether oxygens (including phenoxy) is 2. The highest BCUT2D eigenvalue weighted by molar-refractivity contribution is 6.38. The van der Waals surface area contributed by atoms with Crippen molar-refractivity contribution in [1.82, 2.24) is 0 Å². The van der Waals surface area contributed by atoms with E-state index in [0.717, 1.165) is 37.6 Å². The van der Waals surface area contributed by atoms with Crippen LogP contribution in [0.1, 0.15) is 65.2 Å². The number of benzene rings is 7. The van der Waals surface area contributed by atoms with Gasteiger partial charge in [-0.15, -0.1) is 0 Å². The summed E-state index contributed by atoms with van der Waals surface area (Å²) in [4.78, 5) is 0. The van der Waals surface area contributed by atoms with E-state index in [1.54, 1.807) is 0 Å². The molecule has 7 aromatic rings. The van der Waals surface area contributed by atoms with Crippen LogP contribution in [0.15, 0.2) is 84.9 Å². The summed E-state index contributed by atoms with van der Waals surface area (Å²) in [6.45, 7) is 6.05. The Balaban J connectivity index is 1.37. The van der Waals surface area contributed by atoms with E-state index >= 15 is 0 Å².